The summed E-state index contributed by atoms with van der Waals surface area (Å²) < 4.78 is 27.2. The SMILES string of the molecule is CN(c1ncccc1Cn1ncc2cnc(N(c3ccccc3)N3CCNCC3)nc21)S(C)(=O)=O. The number of nitrogens with zero attached hydrogens (tertiary/aromatic N) is 8. The number of fused-ring (bicyclic) bond motifs is 1. The van der Waals surface area contributed by atoms with Crippen LogP contribution in [0, 0.1) is 0 Å². The van der Waals surface area contributed by atoms with Gasteiger partial charge in [0.1, 0.15) is 5.82 Å². The monoisotopic (exact) mass is 493 g/mol. The Bertz CT molecular complexity index is 1420. The summed E-state index contributed by atoms with van der Waals surface area (Å²) in [6, 6.07) is 13.7. The van der Waals surface area contributed by atoms with Gasteiger partial charge in [-0.25, -0.2) is 33.1 Å². The van der Waals surface area contributed by atoms with Crippen molar-refractivity contribution in [1.29, 1.82) is 0 Å². The average Bonchev–Trinajstić information content (AvgIpc) is 3.27. The molecule has 0 spiro atoms. The number of rotatable bonds is 7. The van der Waals surface area contributed by atoms with Gasteiger partial charge in [-0.3, -0.25) is 4.31 Å². The zero-order chi connectivity index (χ0) is 24.4. The van der Waals surface area contributed by atoms with E-state index in [-0.39, 0.29) is 0 Å². The second kappa shape index (κ2) is 9.56. The average molecular weight is 494 g/mol. The molecule has 4 aromatic rings. The molecule has 182 valence electrons. The molecule has 1 fully saturated rings. The van der Waals surface area contributed by atoms with Crippen LogP contribution in [0.5, 0.6) is 0 Å². The van der Waals surface area contributed by atoms with E-state index >= 15 is 0 Å². The molecule has 0 atom stereocenters. The molecular weight excluding hydrogens is 466 g/mol. The molecule has 1 saturated heterocycles. The smallest absolute Gasteiger partial charge is 0.247 e. The zero-order valence-corrected chi connectivity index (χ0v) is 20.4. The first kappa shape index (κ1) is 23.1. The van der Waals surface area contributed by atoms with Gasteiger partial charge in [0.15, 0.2) is 5.65 Å². The highest BCUT2D eigenvalue weighted by Gasteiger charge is 2.24. The number of benzene rings is 1. The van der Waals surface area contributed by atoms with Crippen molar-refractivity contribution >= 4 is 38.5 Å². The molecule has 1 N–H and O–H groups in total. The zero-order valence-electron chi connectivity index (χ0n) is 19.6. The van der Waals surface area contributed by atoms with Gasteiger partial charge >= 0.3 is 0 Å². The van der Waals surface area contributed by atoms with Crippen LogP contribution < -0.4 is 14.6 Å². The van der Waals surface area contributed by atoms with Crippen LogP contribution in [0.25, 0.3) is 11.0 Å². The van der Waals surface area contributed by atoms with Gasteiger partial charge in [-0.15, -0.1) is 0 Å². The summed E-state index contributed by atoms with van der Waals surface area (Å²) in [6.45, 7) is 3.71. The summed E-state index contributed by atoms with van der Waals surface area (Å²) in [7, 11) is -1.97. The van der Waals surface area contributed by atoms with E-state index in [9.17, 15) is 8.42 Å². The highest BCUT2D eigenvalue weighted by Crippen LogP contribution is 2.27. The first-order valence-corrected chi connectivity index (χ1v) is 13.1. The minimum Gasteiger partial charge on any atom is -0.314 e. The van der Waals surface area contributed by atoms with E-state index < -0.39 is 10.0 Å². The van der Waals surface area contributed by atoms with E-state index in [1.807, 2.05) is 41.4 Å². The lowest BCUT2D eigenvalue weighted by Gasteiger charge is -2.37. The van der Waals surface area contributed by atoms with E-state index in [0.29, 0.717) is 29.5 Å². The van der Waals surface area contributed by atoms with Crippen molar-refractivity contribution in [2.75, 3.05) is 48.8 Å². The molecule has 0 amide bonds. The van der Waals surface area contributed by atoms with Gasteiger partial charge < -0.3 is 5.32 Å². The lowest BCUT2D eigenvalue weighted by atomic mass is 10.2. The highest BCUT2D eigenvalue weighted by molar-refractivity contribution is 7.92. The summed E-state index contributed by atoms with van der Waals surface area (Å²) in [5, 5.41) is 13.0. The van der Waals surface area contributed by atoms with Crippen LogP contribution in [-0.4, -0.2) is 77.6 Å². The van der Waals surface area contributed by atoms with Crippen LogP contribution in [0.3, 0.4) is 0 Å². The summed E-state index contributed by atoms with van der Waals surface area (Å²) in [5.41, 5.74) is 2.35. The van der Waals surface area contributed by atoms with Crippen molar-refractivity contribution < 1.29 is 8.42 Å². The van der Waals surface area contributed by atoms with Crippen LogP contribution in [0.1, 0.15) is 5.56 Å². The lowest BCUT2D eigenvalue weighted by molar-refractivity contribution is 0.240. The molecule has 0 bridgehead atoms. The Morgan fingerprint density at radius 2 is 1.80 bits per heavy atom. The number of para-hydroxylation sites is 1. The van der Waals surface area contributed by atoms with E-state index in [1.165, 1.54) is 11.4 Å². The number of hydrazine groups is 1. The van der Waals surface area contributed by atoms with Gasteiger partial charge in [0.2, 0.25) is 16.0 Å². The number of anilines is 3. The van der Waals surface area contributed by atoms with Gasteiger partial charge in [-0.05, 0) is 18.2 Å². The Hall–Kier alpha value is -3.61. The third-order valence-corrected chi connectivity index (χ3v) is 7.08. The van der Waals surface area contributed by atoms with Crippen LogP contribution >= 0.6 is 0 Å². The molecule has 0 unspecified atom stereocenters. The van der Waals surface area contributed by atoms with E-state index in [0.717, 1.165) is 43.5 Å². The standard InChI is InChI=1S/C23H27N9O2S/c1-29(35(2,33)34)21-18(7-6-10-25-21)17-31-22-19(16-27-31)15-26-23(28-22)32(20-8-4-3-5-9-20)30-13-11-24-12-14-30/h3-10,15-16,24H,11-14,17H2,1-2H3. The first-order valence-electron chi connectivity index (χ1n) is 11.3. The molecule has 4 heterocycles. The van der Waals surface area contributed by atoms with Crippen molar-refractivity contribution in [3.63, 3.8) is 0 Å². The number of hydrogen-bond donors (Lipinski definition) is 1. The topological polar surface area (TPSA) is 112 Å². The number of piperazine rings is 1. The number of nitrogens with one attached hydrogen (secondary N) is 1. The van der Waals surface area contributed by atoms with E-state index in [1.54, 1.807) is 29.3 Å². The van der Waals surface area contributed by atoms with E-state index in [4.69, 9.17) is 4.98 Å². The molecule has 1 aromatic carbocycles. The molecule has 12 heteroatoms. The fraction of sp³-hybridized carbons (Fsp3) is 0.304. The minimum absolute atomic E-state index is 0.307. The molecule has 5 rings (SSSR count). The van der Waals surface area contributed by atoms with Crippen LogP contribution in [0.2, 0.25) is 0 Å². The minimum atomic E-state index is -3.46. The van der Waals surface area contributed by atoms with Crippen molar-refractivity contribution in [2.24, 2.45) is 0 Å². The van der Waals surface area contributed by atoms with Crippen molar-refractivity contribution in [2.45, 2.75) is 6.54 Å². The van der Waals surface area contributed by atoms with Gasteiger partial charge in [0, 0.05) is 51.2 Å². The Morgan fingerprint density at radius 3 is 2.54 bits per heavy atom. The van der Waals surface area contributed by atoms with Crippen LogP contribution in [0.4, 0.5) is 17.5 Å². The number of pyridine rings is 1. The normalized spacial score (nSPS) is 14.8. The maximum absolute atomic E-state index is 12.1. The molecule has 0 saturated carbocycles. The van der Waals surface area contributed by atoms with Crippen molar-refractivity contribution in [3.05, 3.63) is 66.6 Å². The van der Waals surface area contributed by atoms with Crippen LogP contribution in [0.15, 0.2) is 61.1 Å². The maximum Gasteiger partial charge on any atom is 0.247 e. The fourth-order valence-electron chi connectivity index (χ4n) is 4.06. The summed E-state index contributed by atoms with van der Waals surface area (Å²) in [5.74, 6) is 0.909. The predicted octanol–water partition coefficient (Wildman–Crippen LogP) is 1.62. The Kier molecular flexibility index (Phi) is 6.32. The quantitative estimate of drug-likeness (QED) is 0.410. The first-order chi connectivity index (χ1) is 16.9. The Morgan fingerprint density at radius 1 is 1.03 bits per heavy atom. The largest absolute Gasteiger partial charge is 0.314 e. The number of hydrogen-bond acceptors (Lipinski definition) is 9. The van der Waals surface area contributed by atoms with E-state index in [2.05, 4.69) is 25.4 Å². The Balaban J connectivity index is 1.54. The van der Waals surface area contributed by atoms with Gasteiger partial charge in [0.05, 0.1) is 30.1 Å². The molecular formula is C23H27N9O2S. The molecule has 1 aliphatic rings. The molecule has 0 aliphatic carbocycles. The second-order valence-electron chi connectivity index (χ2n) is 8.32. The summed E-state index contributed by atoms with van der Waals surface area (Å²) in [6.07, 6.45) is 6.22. The third kappa shape index (κ3) is 4.81. The van der Waals surface area contributed by atoms with Crippen LogP contribution in [-0.2, 0) is 16.6 Å². The predicted molar refractivity (Wildman–Crippen MR) is 135 cm³/mol. The van der Waals surface area contributed by atoms with Gasteiger partial charge in [-0.1, -0.05) is 24.3 Å². The van der Waals surface area contributed by atoms with Gasteiger partial charge in [-0.2, -0.15) is 10.1 Å². The molecule has 1 aliphatic heterocycles. The van der Waals surface area contributed by atoms with Crippen molar-refractivity contribution in [1.82, 2.24) is 35.1 Å². The molecule has 35 heavy (non-hydrogen) atoms. The number of aromatic nitrogens is 5. The molecule has 11 nitrogen and oxygen atoms in total. The Labute approximate surface area is 204 Å². The second-order valence-corrected chi connectivity index (χ2v) is 10.3. The molecule has 0 radical (unpaired) electrons. The lowest BCUT2D eigenvalue weighted by Crippen LogP contribution is -2.51. The van der Waals surface area contributed by atoms with Crippen molar-refractivity contribution in [3.8, 4) is 0 Å². The number of sulfonamides is 1. The summed E-state index contributed by atoms with van der Waals surface area (Å²) in [4.78, 5) is 13.9. The summed E-state index contributed by atoms with van der Waals surface area (Å²) >= 11 is 0. The maximum atomic E-state index is 12.1. The fourth-order valence-corrected chi connectivity index (χ4v) is 4.54. The molecule has 3 aromatic heterocycles. The van der Waals surface area contributed by atoms with Gasteiger partial charge in [0.25, 0.3) is 0 Å². The highest BCUT2D eigenvalue weighted by atomic mass is 32.2. The third-order valence-electron chi connectivity index (χ3n) is 5.91.